The fourth-order valence-corrected chi connectivity index (χ4v) is 1.51. The molecule has 0 aliphatic carbocycles. The lowest BCUT2D eigenvalue weighted by Gasteiger charge is -2.11. The topological polar surface area (TPSA) is 94.3 Å². The Balaban J connectivity index is 2.38. The second kappa shape index (κ2) is 5.66. The lowest BCUT2D eigenvalue weighted by atomic mass is 10.3. The number of rotatable bonds is 4. The van der Waals surface area contributed by atoms with E-state index >= 15 is 0 Å². The molecule has 20 heavy (non-hydrogen) atoms. The summed E-state index contributed by atoms with van der Waals surface area (Å²) in [5.74, 6) is 0.322. The average Bonchev–Trinajstić information content (AvgIpc) is 2.38. The van der Waals surface area contributed by atoms with Crippen LogP contribution in [0.3, 0.4) is 0 Å². The first-order chi connectivity index (χ1) is 9.47. The zero-order valence-corrected chi connectivity index (χ0v) is 11.4. The molecule has 0 saturated heterocycles. The summed E-state index contributed by atoms with van der Waals surface area (Å²) in [6.45, 7) is 0. The normalized spacial score (nSPS) is 10.2. The largest absolute Gasteiger partial charge is 0.417 e. The highest BCUT2D eigenvalue weighted by Gasteiger charge is 2.17. The van der Waals surface area contributed by atoms with E-state index in [9.17, 15) is 10.1 Å². The molecule has 8 nitrogen and oxygen atoms in total. The van der Waals surface area contributed by atoms with Crippen LogP contribution in [0.15, 0.2) is 24.3 Å². The SMILES string of the molecule is CN(C)c1nc(Cl)nc(Oc2ccccc2[N+](=O)[O-])n1. The van der Waals surface area contributed by atoms with Gasteiger partial charge in [-0.2, -0.15) is 15.0 Å². The van der Waals surface area contributed by atoms with Crippen LogP contribution < -0.4 is 9.64 Å². The Labute approximate surface area is 119 Å². The number of hydrogen-bond acceptors (Lipinski definition) is 7. The number of nitro groups is 1. The van der Waals surface area contributed by atoms with Crippen molar-refractivity contribution in [3.05, 3.63) is 39.7 Å². The maximum atomic E-state index is 10.9. The molecule has 0 N–H and O–H groups in total. The van der Waals surface area contributed by atoms with E-state index in [0.29, 0.717) is 5.95 Å². The molecule has 9 heteroatoms. The molecule has 0 radical (unpaired) electrons. The molecule has 0 aliphatic rings. The number of benzene rings is 1. The highest BCUT2D eigenvalue weighted by atomic mass is 35.5. The summed E-state index contributed by atoms with van der Waals surface area (Å²) in [4.78, 5) is 23.6. The van der Waals surface area contributed by atoms with Crippen molar-refractivity contribution in [1.82, 2.24) is 15.0 Å². The molecule has 1 aromatic heterocycles. The van der Waals surface area contributed by atoms with Crippen LogP contribution >= 0.6 is 11.6 Å². The number of para-hydroxylation sites is 2. The van der Waals surface area contributed by atoms with Crippen LogP contribution in [0.5, 0.6) is 11.8 Å². The van der Waals surface area contributed by atoms with Gasteiger partial charge in [0.15, 0.2) is 0 Å². The van der Waals surface area contributed by atoms with Crippen molar-refractivity contribution in [2.45, 2.75) is 0 Å². The first-order valence-corrected chi connectivity index (χ1v) is 5.85. The van der Waals surface area contributed by atoms with Crippen LogP contribution in [0, 0.1) is 10.1 Å². The molecule has 0 unspecified atom stereocenters. The highest BCUT2D eigenvalue weighted by Crippen LogP contribution is 2.29. The summed E-state index contributed by atoms with van der Waals surface area (Å²) >= 11 is 5.76. The molecule has 0 aliphatic heterocycles. The monoisotopic (exact) mass is 295 g/mol. The first-order valence-electron chi connectivity index (χ1n) is 5.47. The molecular formula is C11H10ClN5O3. The Bertz CT molecular complexity index is 650. The van der Waals surface area contributed by atoms with E-state index in [-0.39, 0.29) is 22.7 Å². The summed E-state index contributed by atoms with van der Waals surface area (Å²) in [5, 5.41) is 10.8. The highest BCUT2D eigenvalue weighted by molar-refractivity contribution is 6.28. The van der Waals surface area contributed by atoms with Crippen molar-refractivity contribution in [2.24, 2.45) is 0 Å². The van der Waals surface area contributed by atoms with E-state index < -0.39 is 4.92 Å². The minimum atomic E-state index is -0.551. The van der Waals surface area contributed by atoms with Gasteiger partial charge in [0.1, 0.15) is 0 Å². The van der Waals surface area contributed by atoms with Crippen LogP contribution in [0.1, 0.15) is 0 Å². The van der Waals surface area contributed by atoms with Gasteiger partial charge in [-0.3, -0.25) is 10.1 Å². The van der Waals surface area contributed by atoms with Crippen molar-refractivity contribution in [3.63, 3.8) is 0 Å². The van der Waals surface area contributed by atoms with E-state index in [1.165, 1.54) is 18.2 Å². The second-order valence-corrected chi connectivity index (χ2v) is 4.25. The summed E-state index contributed by atoms with van der Waals surface area (Å²) in [6, 6.07) is 5.81. The Hall–Kier alpha value is -2.48. The predicted molar refractivity (Wildman–Crippen MR) is 72.3 cm³/mol. The maximum absolute atomic E-state index is 10.9. The summed E-state index contributed by atoms with van der Waals surface area (Å²) in [7, 11) is 3.45. The third-order valence-corrected chi connectivity index (χ3v) is 2.41. The van der Waals surface area contributed by atoms with Gasteiger partial charge in [0.25, 0.3) is 0 Å². The smallest absolute Gasteiger partial charge is 0.328 e. The van der Waals surface area contributed by atoms with Crippen molar-refractivity contribution in [1.29, 1.82) is 0 Å². The number of nitro benzene ring substituents is 1. The van der Waals surface area contributed by atoms with E-state index in [0.717, 1.165) is 0 Å². The van der Waals surface area contributed by atoms with Gasteiger partial charge in [0.2, 0.25) is 17.0 Å². The third kappa shape index (κ3) is 3.09. The Morgan fingerprint density at radius 1 is 1.25 bits per heavy atom. The molecule has 0 saturated carbocycles. The van der Waals surface area contributed by atoms with Crippen LogP contribution in [-0.2, 0) is 0 Å². The van der Waals surface area contributed by atoms with Gasteiger partial charge in [-0.25, -0.2) is 0 Å². The molecule has 104 valence electrons. The standard InChI is InChI=1S/C11H10ClN5O3/c1-16(2)10-13-9(12)14-11(15-10)20-8-6-4-3-5-7(8)17(18)19/h3-6H,1-2H3. The van der Waals surface area contributed by atoms with Gasteiger partial charge in [0, 0.05) is 20.2 Å². The average molecular weight is 296 g/mol. The van der Waals surface area contributed by atoms with Gasteiger partial charge < -0.3 is 9.64 Å². The second-order valence-electron chi connectivity index (χ2n) is 3.91. The third-order valence-electron chi connectivity index (χ3n) is 2.24. The van der Waals surface area contributed by atoms with Crippen LogP contribution in [0.2, 0.25) is 5.28 Å². The summed E-state index contributed by atoms with van der Waals surface area (Å²) < 4.78 is 5.33. The Kier molecular flexibility index (Phi) is 3.94. The zero-order valence-electron chi connectivity index (χ0n) is 10.6. The number of anilines is 1. The molecule has 0 fully saturated rings. The molecule has 0 atom stereocenters. The van der Waals surface area contributed by atoms with Crippen molar-refractivity contribution >= 4 is 23.2 Å². The maximum Gasteiger partial charge on any atom is 0.328 e. The Morgan fingerprint density at radius 2 is 1.95 bits per heavy atom. The van der Waals surface area contributed by atoms with Gasteiger partial charge >= 0.3 is 11.7 Å². The molecule has 0 bridgehead atoms. The van der Waals surface area contributed by atoms with Crippen molar-refractivity contribution in [3.8, 4) is 11.8 Å². The lowest BCUT2D eigenvalue weighted by molar-refractivity contribution is -0.385. The van der Waals surface area contributed by atoms with Gasteiger partial charge in [0.05, 0.1) is 4.92 Å². The molecule has 2 aromatic rings. The zero-order chi connectivity index (χ0) is 14.7. The Morgan fingerprint density at radius 3 is 2.60 bits per heavy atom. The quantitative estimate of drug-likeness (QED) is 0.631. The van der Waals surface area contributed by atoms with E-state index in [4.69, 9.17) is 16.3 Å². The molecule has 1 aromatic carbocycles. The summed E-state index contributed by atoms with van der Waals surface area (Å²) in [5.41, 5.74) is -0.185. The van der Waals surface area contributed by atoms with E-state index in [1.54, 1.807) is 25.1 Å². The lowest BCUT2D eigenvalue weighted by Crippen LogP contribution is -2.13. The number of hydrogen-bond donors (Lipinski definition) is 0. The number of ether oxygens (including phenoxy) is 1. The molecule has 0 amide bonds. The van der Waals surface area contributed by atoms with E-state index in [1.807, 2.05) is 0 Å². The van der Waals surface area contributed by atoms with Gasteiger partial charge in [-0.1, -0.05) is 12.1 Å². The minimum absolute atomic E-state index is 0.0319. The minimum Gasteiger partial charge on any atom is -0.417 e. The molecular weight excluding hydrogens is 286 g/mol. The van der Waals surface area contributed by atoms with Crippen LogP contribution in [-0.4, -0.2) is 34.0 Å². The van der Waals surface area contributed by atoms with Gasteiger partial charge in [-0.15, -0.1) is 0 Å². The molecule has 1 heterocycles. The van der Waals surface area contributed by atoms with Crippen molar-refractivity contribution in [2.75, 3.05) is 19.0 Å². The van der Waals surface area contributed by atoms with Crippen LogP contribution in [0.4, 0.5) is 11.6 Å². The van der Waals surface area contributed by atoms with Crippen LogP contribution in [0.25, 0.3) is 0 Å². The fraction of sp³-hybridized carbons (Fsp3) is 0.182. The van der Waals surface area contributed by atoms with Gasteiger partial charge in [-0.05, 0) is 17.7 Å². The molecule has 0 spiro atoms. The number of halogens is 1. The van der Waals surface area contributed by atoms with E-state index in [2.05, 4.69) is 15.0 Å². The fourth-order valence-electron chi connectivity index (χ4n) is 1.36. The predicted octanol–water partition coefficient (Wildman–Crippen LogP) is 2.29. The number of aromatic nitrogens is 3. The number of nitrogens with zero attached hydrogens (tertiary/aromatic N) is 5. The first kappa shape index (κ1) is 13.9. The van der Waals surface area contributed by atoms with Crippen molar-refractivity contribution < 1.29 is 9.66 Å². The summed E-state index contributed by atoms with van der Waals surface area (Å²) in [6.07, 6.45) is 0. The molecule has 2 rings (SSSR count).